The molecule has 2 saturated heterocycles. The fourth-order valence-corrected chi connectivity index (χ4v) is 16.7. The van der Waals surface area contributed by atoms with Crippen molar-refractivity contribution >= 4 is 44.4 Å². The molecule has 1 aromatic heterocycles. The number of epoxide rings is 1. The van der Waals surface area contributed by atoms with E-state index in [1.165, 1.54) is 31.7 Å². The molecular formula is C62H74N4O10S. The quantitative estimate of drug-likeness (QED) is 0.0458. The van der Waals surface area contributed by atoms with Crippen molar-refractivity contribution in [3.05, 3.63) is 137 Å². The molecule has 0 radical (unpaired) electrons. The van der Waals surface area contributed by atoms with E-state index in [4.69, 9.17) is 23.1 Å². The second-order valence-corrected chi connectivity index (χ2v) is 24.4. The second kappa shape index (κ2) is 19.8. The van der Waals surface area contributed by atoms with Gasteiger partial charge in [0.25, 0.3) is 10.1 Å². The summed E-state index contributed by atoms with van der Waals surface area (Å²) in [5.41, 5.74) is 0.959. The van der Waals surface area contributed by atoms with E-state index in [-0.39, 0.29) is 28.6 Å². The molecule has 14 nitrogen and oxygen atoms in total. The number of anilines is 1. The van der Waals surface area contributed by atoms with Crippen molar-refractivity contribution in [2.75, 3.05) is 59.0 Å². The first-order chi connectivity index (χ1) is 37.0. The number of para-hydroxylation sites is 1. The minimum atomic E-state index is -4.81. The number of ether oxygens (including phenoxy) is 4. The Morgan fingerprint density at radius 1 is 0.883 bits per heavy atom. The number of nitrogens with one attached hydrogen (secondary N) is 1. The summed E-state index contributed by atoms with van der Waals surface area (Å²) in [6.07, 6.45) is 7.21. The average molecular weight is 1070 g/mol. The number of aromatic nitrogens is 1. The molecule has 0 bridgehead atoms. The van der Waals surface area contributed by atoms with Crippen LogP contribution in [-0.4, -0.2) is 124 Å². The summed E-state index contributed by atoms with van der Waals surface area (Å²) in [6.45, 7) is 13.5. The number of carbonyl (C=O) groups is 3. The Labute approximate surface area is 453 Å². The standard InChI is InChI=1S/C62H74N4O10S/c1-9-52(68)60(29-26-43(36-58(10-2)39-74-58)38-65(37-42-18-13-12-14-19-42)32-27-46-45-20-15-16-21-49(45)63-53(46)60)48-34-47-50(35-51(48)72-7)64(6)55-61(47)30-33-66-31-17-28-59(11-3,54(61)66)56(75-41(5)67)62(55,57(69)73-8)76-77(70,71)44-24-22-40(4)23-25-44/h12-25,28,34-35,43,54-56,63H,9-11,26-27,29-33,36-39H2,1-8H3/t43-,54+,55-,56-,58-,59-,60-,61-,62+/m1/s1. The molecule has 1 saturated carbocycles. The van der Waals surface area contributed by atoms with E-state index in [0.29, 0.717) is 68.8 Å². The number of Topliss-reactive ketones (excluding diaryl/α,β-unsaturated/α-hetero) is 1. The number of aromatic amines is 1. The zero-order valence-corrected chi connectivity index (χ0v) is 46.7. The van der Waals surface area contributed by atoms with Crippen molar-refractivity contribution in [3.63, 3.8) is 0 Å². The van der Waals surface area contributed by atoms with Crippen LogP contribution in [0.5, 0.6) is 5.75 Å². The molecule has 6 heterocycles. The fraction of sp³-hybridized carbons (Fsp3) is 0.500. The van der Waals surface area contributed by atoms with E-state index in [0.717, 1.165) is 65.8 Å². The number of H-pyrrole nitrogens is 1. The van der Waals surface area contributed by atoms with E-state index < -0.39 is 62.1 Å². The number of benzene rings is 4. The number of hydrogen-bond acceptors (Lipinski definition) is 13. The van der Waals surface area contributed by atoms with Crippen LogP contribution in [0.3, 0.4) is 0 Å². The van der Waals surface area contributed by atoms with E-state index in [2.05, 4.69) is 76.3 Å². The van der Waals surface area contributed by atoms with Crippen LogP contribution in [0.4, 0.5) is 5.69 Å². The van der Waals surface area contributed by atoms with Crippen LogP contribution in [0, 0.1) is 18.3 Å². The summed E-state index contributed by atoms with van der Waals surface area (Å²) >= 11 is 0. The van der Waals surface area contributed by atoms with E-state index in [1.807, 2.05) is 57.0 Å². The molecule has 3 fully saturated rings. The van der Waals surface area contributed by atoms with Gasteiger partial charge in [-0.2, -0.15) is 8.42 Å². The normalized spacial score (nSPS) is 30.7. The van der Waals surface area contributed by atoms with Crippen LogP contribution >= 0.6 is 0 Å². The van der Waals surface area contributed by atoms with Gasteiger partial charge >= 0.3 is 11.9 Å². The lowest BCUT2D eigenvalue weighted by Crippen LogP contribution is -2.82. The topological polar surface area (TPSA) is 160 Å². The second-order valence-electron chi connectivity index (χ2n) is 22.9. The SMILES string of the molecule is CCC(=O)[C@]1(c2cc3c(cc2OC)N(C)[C@H]2[C@@](OS(=O)(=O)c4ccc(C)cc4)(C(=O)OC)[C@H](OC(C)=O)[C@]4(CC)C=CCN5CC[C@]32[C@@H]54)CC[C@H](C[C@]2(CC)CO2)CN(Cc2ccccc2)CCc2c1[nH]c1ccccc21. The zero-order chi connectivity index (χ0) is 54.3. The summed E-state index contributed by atoms with van der Waals surface area (Å²) in [4.78, 5) is 56.1. The van der Waals surface area contributed by atoms with Crippen molar-refractivity contribution in [1.82, 2.24) is 14.8 Å². The summed E-state index contributed by atoms with van der Waals surface area (Å²) in [7, 11) is -0.0955. The summed E-state index contributed by atoms with van der Waals surface area (Å²) < 4.78 is 62.3. The lowest BCUT2D eigenvalue weighted by atomic mass is 9.47. The molecule has 1 spiro atoms. The van der Waals surface area contributed by atoms with Gasteiger partial charge in [0.05, 0.1) is 42.8 Å². The van der Waals surface area contributed by atoms with Crippen molar-refractivity contribution < 1.29 is 45.9 Å². The van der Waals surface area contributed by atoms with Crippen molar-refractivity contribution in [2.24, 2.45) is 11.3 Å². The predicted octanol–water partition coefficient (Wildman–Crippen LogP) is 9.13. The minimum absolute atomic E-state index is 0.0452. The molecule has 1 N–H and O–H groups in total. The van der Waals surface area contributed by atoms with Gasteiger partial charge in [0, 0.05) is 97.4 Å². The molecule has 408 valence electrons. The number of nitrogens with zero attached hydrogens (tertiary/aromatic N) is 3. The number of likely N-dealkylation sites (N-methyl/N-ethyl adjacent to an activating group) is 1. The fourth-order valence-electron chi connectivity index (χ4n) is 15.5. The molecule has 15 heteroatoms. The van der Waals surface area contributed by atoms with Crippen LogP contribution in [-0.2, 0) is 66.7 Å². The van der Waals surface area contributed by atoms with Gasteiger partial charge < -0.3 is 28.8 Å². The number of fused-ring (bicyclic) bond motifs is 4. The first-order valence-electron chi connectivity index (χ1n) is 27.7. The molecule has 77 heavy (non-hydrogen) atoms. The van der Waals surface area contributed by atoms with Crippen molar-refractivity contribution in [2.45, 2.75) is 138 Å². The minimum Gasteiger partial charge on any atom is -0.496 e. The Hall–Kier alpha value is -5.84. The highest BCUT2D eigenvalue weighted by Crippen LogP contribution is 2.69. The van der Waals surface area contributed by atoms with Crippen LogP contribution in [0.15, 0.2) is 108 Å². The molecule has 5 aliphatic heterocycles. The summed E-state index contributed by atoms with van der Waals surface area (Å²) in [6, 6.07) is 27.9. The Morgan fingerprint density at radius 3 is 2.30 bits per heavy atom. The summed E-state index contributed by atoms with van der Waals surface area (Å²) in [5.74, 6) is -0.985. The number of rotatable bonds is 15. The Balaban J connectivity index is 1.18. The third-order valence-corrected chi connectivity index (χ3v) is 20.3. The van der Waals surface area contributed by atoms with Crippen LogP contribution < -0.4 is 9.64 Å². The van der Waals surface area contributed by atoms with Gasteiger partial charge in [-0.1, -0.05) is 99.2 Å². The number of methoxy groups -OCH3 is 2. The first kappa shape index (κ1) is 53.2. The van der Waals surface area contributed by atoms with Crippen LogP contribution in [0.25, 0.3) is 10.9 Å². The van der Waals surface area contributed by atoms with E-state index >= 15 is 18.0 Å². The average Bonchev–Trinajstić information content (AvgIpc) is 2.92. The van der Waals surface area contributed by atoms with Gasteiger partial charge in [0.2, 0.25) is 5.60 Å². The maximum absolute atomic E-state index is 16.1. The molecule has 1 aliphatic carbocycles. The van der Waals surface area contributed by atoms with Gasteiger partial charge in [-0.25, -0.2) is 8.98 Å². The maximum Gasteiger partial charge on any atom is 0.345 e. The lowest BCUT2D eigenvalue weighted by molar-refractivity contribution is -0.220. The highest BCUT2D eigenvalue weighted by atomic mass is 32.2. The van der Waals surface area contributed by atoms with Crippen molar-refractivity contribution in [3.8, 4) is 5.75 Å². The Kier molecular flexibility index (Phi) is 13.7. The largest absolute Gasteiger partial charge is 0.496 e. The third kappa shape index (κ3) is 8.22. The van der Waals surface area contributed by atoms with Gasteiger partial charge in [0.15, 0.2) is 6.10 Å². The molecule has 9 atom stereocenters. The molecule has 0 unspecified atom stereocenters. The molecule has 4 aromatic carbocycles. The monoisotopic (exact) mass is 1070 g/mol. The number of carbonyl (C=O) groups excluding carboxylic acids is 3. The van der Waals surface area contributed by atoms with E-state index in [1.54, 1.807) is 19.2 Å². The highest BCUT2D eigenvalue weighted by molar-refractivity contribution is 7.86. The van der Waals surface area contributed by atoms with E-state index in [9.17, 15) is 4.79 Å². The third-order valence-electron chi connectivity index (χ3n) is 19.0. The van der Waals surface area contributed by atoms with Crippen LogP contribution in [0.1, 0.15) is 106 Å². The zero-order valence-electron chi connectivity index (χ0n) is 45.9. The molecule has 0 amide bonds. The highest BCUT2D eigenvalue weighted by Gasteiger charge is 2.82. The molecule has 11 rings (SSSR count). The number of hydrogen-bond donors (Lipinski definition) is 1. The van der Waals surface area contributed by atoms with Gasteiger partial charge in [-0.3, -0.25) is 19.4 Å². The van der Waals surface area contributed by atoms with Crippen molar-refractivity contribution in [1.29, 1.82) is 0 Å². The molecular weight excluding hydrogens is 993 g/mol. The molecule has 5 aromatic rings. The number of ketones is 1. The van der Waals surface area contributed by atoms with Gasteiger partial charge in [-0.15, -0.1) is 0 Å². The van der Waals surface area contributed by atoms with Crippen LogP contribution in [0.2, 0.25) is 0 Å². The Bertz CT molecular complexity index is 3250. The Morgan fingerprint density at radius 2 is 1.62 bits per heavy atom. The van der Waals surface area contributed by atoms with Gasteiger partial charge in [-0.05, 0) is 105 Å². The smallest absolute Gasteiger partial charge is 0.345 e. The number of aryl methyl sites for hydroxylation is 1. The van der Waals surface area contributed by atoms with Gasteiger partial charge in [0.1, 0.15) is 11.5 Å². The number of esters is 2. The predicted molar refractivity (Wildman–Crippen MR) is 295 cm³/mol. The maximum atomic E-state index is 16.1. The molecule has 6 aliphatic rings. The lowest BCUT2D eigenvalue weighted by Gasteiger charge is -2.64. The summed E-state index contributed by atoms with van der Waals surface area (Å²) in [5, 5.41) is 1.06. The first-order valence-corrected chi connectivity index (χ1v) is 29.1.